The molecule has 3 N–H and O–H groups in total. The van der Waals surface area contributed by atoms with Crippen molar-refractivity contribution in [2.24, 2.45) is 5.92 Å². The summed E-state index contributed by atoms with van der Waals surface area (Å²) in [5, 5.41) is 8.57. The molecule has 1 unspecified atom stereocenters. The van der Waals surface area contributed by atoms with E-state index in [1.54, 1.807) is 17.0 Å². The molecule has 1 fully saturated rings. The average Bonchev–Trinajstić information content (AvgIpc) is 3.29. The lowest BCUT2D eigenvalue weighted by atomic mass is 9.88. The van der Waals surface area contributed by atoms with Crippen LogP contribution in [-0.4, -0.2) is 47.4 Å². The second kappa shape index (κ2) is 10.5. The molecule has 4 amide bonds. The first-order valence-corrected chi connectivity index (χ1v) is 11.1. The first kappa shape index (κ1) is 24.3. The van der Waals surface area contributed by atoms with E-state index in [0.29, 0.717) is 31.7 Å². The predicted octanol–water partition coefficient (Wildman–Crippen LogP) is 3.05. The Balaban J connectivity index is 1.67. The minimum absolute atomic E-state index is 0.143. The average molecular weight is 459 g/mol. The number of urea groups is 1. The molecule has 8 nitrogen and oxygen atoms in total. The van der Waals surface area contributed by atoms with Gasteiger partial charge in [0.25, 0.3) is 5.91 Å². The number of carbonyl (C=O) groups excluding carboxylic acids is 3. The van der Waals surface area contributed by atoms with Gasteiger partial charge in [0.15, 0.2) is 0 Å². The minimum Gasteiger partial charge on any atom is -0.467 e. The second-order valence-corrected chi connectivity index (χ2v) is 9.26. The van der Waals surface area contributed by atoms with E-state index < -0.39 is 17.8 Å². The summed E-state index contributed by atoms with van der Waals surface area (Å²) in [4.78, 5) is 40.0. The minimum atomic E-state index is -0.801. The van der Waals surface area contributed by atoms with Crippen molar-refractivity contribution >= 4 is 17.8 Å². The quantitative estimate of drug-likeness (QED) is 0.619. The van der Waals surface area contributed by atoms with Crippen molar-refractivity contribution in [3.63, 3.8) is 0 Å². The zero-order valence-electron chi connectivity index (χ0n) is 19.2. The number of furan rings is 1. The number of amides is 4. The Labute approximate surface area is 192 Å². The zero-order valence-corrected chi connectivity index (χ0v) is 19.2. The van der Waals surface area contributed by atoms with Gasteiger partial charge in [0, 0.05) is 24.2 Å². The molecular formula is C24H31FN4O4. The van der Waals surface area contributed by atoms with Crippen molar-refractivity contribution in [2.45, 2.75) is 51.7 Å². The third-order valence-electron chi connectivity index (χ3n) is 5.47. The maximum Gasteiger partial charge on any atom is 0.317 e. The molecule has 33 heavy (non-hydrogen) atoms. The fourth-order valence-corrected chi connectivity index (χ4v) is 3.76. The molecule has 0 radical (unpaired) electrons. The number of nitrogens with zero attached hydrogens (tertiary/aromatic N) is 1. The Morgan fingerprint density at radius 3 is 2.36 bits per heavy atom. The number of piperidine rings is 1. The summed E-state index contributed by atoms with van der Waals surface area (Å²) in [6.45, 7) is 6.90. The van der Waals surface area contributed by atoms with Crippen LogP contribution in [0.25, 0.3) is 0 Å². The Morgan fingerprint density at radius 1 is 1.12 bits per heavy atom. The third-order valence-corrected chi connectivity index (χ3v) is 5.47. The lowest BCUT2D eigenvalue weighted by molar-refractivity contribution is -0.124. The van der Waals surface area contributed by atoms with Crippen LogP contribution in [0.2, 0.25) is 0 Å². The van der Waals surface area contributed by atoms with Gasteiger partial charge < -0.3 is 25.3 Å². The lowest BCUT2D eigenvalue weighted by Crippen LogP contribution is -2.55. The maximum absolute atomic E-state index is 13.2. The molecule has 0 aliphatic carbocycles. The molecule has 2 aromatic rings. The largest absolute Gasteiger partial charge is 0.467 e. The second-order valence-electron chi connectivity index (χ2n) is 9.26. The summed E-state index contributed by atoms with van der Waals surface area (Å²) >= 11 is 0. The number of carbonyl (C=O) groups is 3. The van der Waals surface area contributed by atoms with Gasteiger partial charge in [-0.1, -0.05) is 0 Å². The monoisotopic (exact) mass is 458 g/mol. The van der Waals surface area contributed by atoms with Crippen LogP contribution in [0.5, 0.6) is 0 Å². The van der Waals surface area contributed by atoms with E-state index in [4.69, 9.17) is 4.42 Å². The highest BCUT2D eigenvalue weighted by atomic mass is 19.1. The lowest BCUT2D eigenvalue weighted by Gasteiger charge is -2.37. The Morgan fingerprint density at radius 2 is 1.79 bits per heavy atom. The van der Waals surface area contributed by atoms with Crippen molar-refractivity contribution in [3.8, 4) is 0 Å². The smallest absolute Gasteiger partial charge is 0.317 e. The molecule has 0 saturated carbocycles. The van der Waals surface area contributed by atoms with Crippen LogP contribution in [0.3, 0.4) is 0 Å². The Hall–Kier alpha value is -3.36. The standard InChI is InChI=1S/C24H31FN4O4/c1-24(2,3)28-23(32)29-12-10-16(11-13-29)20(22(31)26-15-19-5-4-14-33-19)27-21(30)17-6-8-18(25)9-7-17/h4-9,14,16,20H,10-13,15H2,1-3H3,(H,26,31)(H,27,30)(H,28,32). The summed E-state index contributed by atoms with van der Waals surface area (Å²) < 4.78 is 18.5. The number of rotatable bonds is 6. The number of halogens is 1. The first-order chi connectivity index (χ1) is 15.6. The number of likely N-dealkylation sites (tertiary alicyclic amines) is 1. The van der Waals surface area contributed by atoms with Crippen LogP contribution in [0, 0.1) is 11.7 Å². The van der Waals surface area contributed by atoms with Crippen LogP contribution in [0.4, 0.5) is 9.18 Å². The molecule has 9 heteroatoms. The number of benzene rings is 1. The normalized spacial score (nSPS) is 15.6. The van der Waals surface area contributed by atoms with E-state index >= 15 is 0 Å². The molecule has 0 bridgehead atoms. The number of hydrogen-bond acceptors (Lipinski definition) is 4. The van der Waals surface area contributed by atoms with Gasteiger partial charge >= 0.3 is 6.03 Å². The maximum atomic E-state index is 13.2. The van der Waals surface area contributed by atoms with Gasteiger partial charge in [-0.3, -0.25) is 9.59 Å². The van der Waals surface area contributed by atoms with Gasteiger partial charge in [-0.25, -0.2) is 9.18 Å². The SMILES string of the molecule is CC(C)(C)NC(=O)N1CCC(C(NC(=O)c2ccc(F)cc2)C(=O)NCc2ccco2)CC1. The molecule has 1 aliphatic heterocycles. The number of hydrogen-bond donors (Lipinski definition) is 3. The molecule has 0 spiro atoms. The van der Waals surface area contributed by atoms with Gasteiger partial charge in [-0.2, -0.15) is 0 Å². The van der Waals surface area contributed by atoms with Gasteiger partial charge in [0.05, 0.1) is 12.8 Å². The molecule has 1 aromatic heterocycles. The fourth-order valence-electron chi connectivity index (χ4n) is 3.76. The molecule has 1 aromatic carbocycles. The third kappa shape index (κ3) is 7.06. The van der Waals surface area contributed by atoms with Crippen LogP contribution in [0.15, 0.2) is 47.1 Å². The van der Waals surface area contributed by atoms with E-state index in [0.717, 1.165) is 0 Å². The van der Waals surface area contributed by atoms with E-state index in [-0.39, 0.29) is 35.5 Å². The van der Waals surface area contributed by atoms with Crippen LogP contribution < -0.4 is 16.0 Å². The van der Waals surface area contributed by atoms with Gasteiger partial charge in [-0.05, 0) is 75.9 Å². The summed E-state index contributed by atoms with van der Waals surface area (Å²) in [5.74, 6) is -0.800. The van der Waals surface area contributed by atoms with Crippen molar-refractivity contribution in [1.29, 1.82) is 0 Å². The summed E-state index contributed by atoms with van der Waals surface area (Å²) in [5.41, 5.74) is -0.0760. The molecule has 1 aliphatic rings. The van der Waals surface area contributed by atoms with E-state index in [2.05, 4.69) is 16.0 Å². The zero-order chi connectivity index (χ0) is 24.0. The van der Waals surface area contributed by atoms with E-state index in [1.165, 1.54) is 30.5 Å². The van der Waals surface area contributed by atoms with Gasteiger partial charge in [0.1, 0.15) is 17.6 Å². The predicted molar refractivity (Wildman–Crippen MR) is 121 cm³/mol. The molecular weight excluding hydrogens is 427 g/mol. The number of nitrogens with one attached hydrogen (secondary N) is 3. The first-order valence-electron chi connectivity index (χ1n) is 11.1. The highest BCUT2D eigenvalue weighted by Crippen LogP contribution is 2.22. The molecule has 1 saturated heterocycles. The summed E-state index contributed by atoms with van der Waals surface area (Å²) in [6.07, 6.45) is 2.63. The molecule has 3 rings (SSSR count). The van der Waals surface area contributed by atoms with Crippen molar-refractivity contribution in [3.05, 3.63) is 59.8 Å². The summed E-state index contributed by atoms with van der Waals surface area (Å²) in [6, 6.07) is 7.69. The van der Waals surface area contributed by atoms with Crippen molar-refractivity contribution in [1.82, 2.24) is 20.9 Å². The van der Waals surface area contributed by atoms with Crippen molar-refractivity contribution in [2.75, 3.05) is 13.1 Å². The molecule has 1 atom stereocenters. The van der Waals surface area contributed by atoms with Crippen LogP contribution in [0.1, 0.15) is 49.7 Å². The summed E-state index contributed by atoms with van der Waals surface area (Å²) in [7, 11) is 0. The Kier molecular flexibility index (Phi) is 7.73. The highest BCUT2D eigenvalue weighted by molar-refractivity contribution is 5.97. The topological polar surface area (TPSA) is 104 Å². The van der Waals surface area contributed by atoms with E-state index in [1.807, 2.05) is 20.8 Å². The highest BCUT2D eigenvalue weighted by Gasteiger charge is 2.34. The van der Waals surface area contributed by atoms with Crippen LogP contribution in [-0.2, 0) is 11.3 Å². The van der Waals surface area contributed by atoms with Crippen LogP contribution >= 0.6 is 0 Å². The van der Waals surface area contributed by atoms with Crippen molar-refractivity contribution < 1.29 is 23.2 Å². The van der Waals surface area contributed by atoms with Gasteiger partial charge in [0.2, 0.25) is 5.91 Å². The molecule has 2 heterocycles. The molecule has 178 valence electrons. The fraction of sp³-hybridized carbons (Fsp3) is 0.458. The Bertz CT molecular complexity index is 946. The van der Waals surface area contributed by atoms with Gasteiger partial charge in [-0.15, -0.1) is 0 Å². The van der Waals surface area contributed by atoms with E-state index in [9.17, 15) is 18.8 Å².